The van der Waals surface area contributed by atoms with Gasteiger partial charge in [-0.2, -0.15) is 0 Å². The van der Waals surface area contributed by atoms with Gasteiger partial charge < -0.3 is 19.0 Å². The Kier molecular flexibility index (Phi) is 10.9. The third kappa shape index (κ3) is 8.72. The van der Waals surface area contributed by atoms with Gasteiger partial charge in [0.25, 0.3) is 0 Å². The van der Waals surface area contributed by atoms with Crippen molar-refractivity contribution >= 4 is 5.71 Å². The highest BCUT2D eigenvalue weighted by Crippen LogP contribution is 2.28. The highest BCUT2D eigenvalue weighted by Gasteiger charge is 2.06. The summed E-state index contributed by atoms with van der Waals surface area (Å²) >= 11 is 0. The molecular weight excluding hydrogens is 330 g/mol. The van der Waals surface area contributed by atoms with Gasteiger partial charge >= 0.3 is 0 Å². The van der Waals surface area contributed by atoms with E-state index in [1.54, 1.807) is 7.11 Å². The minimum atomic E-state index is 0.508. The maximum absolute atomic E-state index is 5.88. The summed E-state index contributed by atoms with van der Waals surface area (Å²) in [5.74, 6) is 1.77. The van der Waals surface area contributed by atoms with Gasteiger partial charge in [0.15, 0.2) is 0 Å². The van der Waals surface area contributed by atoms with E-state index in [-0.39, 0.29) is 0 Å². The van der Waals surface area contributed by atoms with Crippen LogP contribution in [0.5, 0.6) is 11.5 Å². The Morgan fingerprint density at radius 1 is 1.00 bits per heavy atom. The highest BCUT2D eigenvalue weighted by atomic mass is 16.6. The number of rotatable bonds is 12. The zero-order valence-corrected chi connectivity index (χ0v) is 16.6. The smallest absolute Gasteiger partial charge is 0.125 e. The average molecular weight is 361 g/mol. The Hall–Kier alpha value is -2.27. The van der Waals surface area contributed by atoms with Crippen molar-refractivity contribution in [1.82, 2.24) is 0 Å². The van der Waals surface area contributed by atoms with Crippen LogP contribution in [0.4, 0.5) is 0 Å². The Bertz CT molecular complexity index is 597. The van der Waals surface area contributed by atoms with Gasteiger partial charge in [0.05, 0.1) is 18.9 Å². The molecule has 0 aliphatic rings. The molecule has 0 N–H and O–H groups in total. The van der Waals surface area contributed by atoms with E-state index in [1.807, 2.05) is 64.1 Å². The number of ether oxygens (including phenoxy) is 3. The maximum Gasteiger partial charge on any atom is 0.125 e. The normalized spacial score (nSPS) is 12.1. The first kappa shape index (κ1) is 21.8. The van der Waals surface area contributed by atoms with Gasteiger partial charge in [0, 0.05) is 6.42 Å². The van der Waals surface area contributed by atoms with Gasteiger partial charge in [-0.25, -0.2) is 0 Å². The van der Waals surface area contributed by atoms with Crippen LogP contribution >= 0.6 is 0 Å². The Morgan fingerprint density at radius 2 is 1.65 bits per heavy atom. The number of aryl methyl sites for hydroxylation is 2. The first-order valence-electron chi connectivity index (χ1n) is 8.85. The van der Waals surface area contributed by atoms with Crippen molar-refractivity contribution in [3.05, 3.63) is 47.6 Å². The van der Waals surface area contributed by atoms with Crippen LogP contribution in [0.2, 0.25) is 0 Å². The Balaban J connectivity index is 2.35. The largest absolute Gasteiger partial charge is 0.490 e. The topological polar surface area (TPSA) is 49.3 Å². The number of allylic oxidation sites excluding steroid dienone is 1. The molecule has 1 rings (SSSR count). The minimum Gasteiger partial charge on any atom is -0.490 e. The van der Waals surface area contributed by atoms with Gasteiger partial charge in [-0.15, -0.1) is 0 Å². The fourth-order valence-corrected chi connectivity index (χ4v) is 2.30. The second kappa shape index (κ2) is 13.0. The van der Waals surface area contributed by atoms with E-state index in [0.717, 1.165) is 34.8 Å². The Labute approximate surface area is 157 Å². The number of benzene rings is 1. The molecule has 26 heavy (non-hydrogen) atoms. The lowest BCUT2D eigenvalue weighted by molar-refractivity contribution is 0.167. The summed E-state index contributed by atoms with van der Waals surface area (Å²) in [5.41, 5.74) is 3.06. The molecule has 0 spiro atoms. The number of oxime groups is 1. The zero-order chi connectivity index (χ0) is 19.2. The molecule has 5 nitrogen and oxygen atoms in total. The third-order valence-corrected chi connectivity index (χ3v) is 3.58. The molecule has 0 aliphatic carbocycles. The molecular formula is C21H31NO4. The summed E-state index contributed by atoms with van der Waals surface area (Å²) in [4.78, 5) is 4.70. The van der Waals surface area contributed by atoms with Gasteiger partial charge in [-0.3, -0.25) is 0 Å². The van der Waals surface area contributed by atoms with E-state index >= 15 is 0 Å². The van der Waals surface area contributed by atoms with Crippen LogP contribution in [0.25, 0.3) is 0 Å². The van der Waals surface area contributed by atoms with Crippen LogP contribution in [-0.4, -0.2) is 39.2 Å². The van der Waals surface area contributed by atoms with Crippen LogP contribution in [0, 0.1) is 13.8 Å². The molecule has 0 aliphatic heterocycles. The first-order valence-corrected chi connectivity index (χ1v) is 8.85. The van der Waals surface area contributed by atoms with Crippen molar-refractivity contribution in [3.8, 4) is 11.5 Å². The molecule has 0 radical (unpaired) electrons. The zero-order valence-electron chi connectivity index (χ0n) is 16.6. The van der Waals surface area contributed by atoms with E-state index in [4.69, 9.17) is 19.0 Å². The molecule has 144 valence electrons. The summed E-state index contributed by atoms with van der Waals surface area (Å²) in [6.45, 7) is 10.2. The van der Waals surface area contributed by atoms with E-state index < -0.39 is 0 Å². The third-order valence-electron chi connectivity index (χ3n) is 3.58. The van der Waals surface area contributed by atoms with Gasteiger partial charge in [0.1, 0.15) is 31.8 Å². The van der Waals surface area contributed by atoms with Gasteiger partial charge in [0.2, 0.25) is 0 Å². The summed E-state index contributed by atoms with van der Waals surface area (Å²) in [5, 5.41) is 3.84. The van der Waals surface area contributed by atoms with E-state index in [2.05, 4.69) is 5.16 Å². The molecule has 1 aromatic rings. The number of nitrogens with zero attached hydrogens (tertiary/aromatic N) is 1. The molecule has 5 heteroatoms. The summed E-state index contributed by atoms with van der Waals surface area (Å²) in [6.07, 6.45) is 8.64. The van der Waals surface area contributed by atoms with Crippen molar-refractivity contribution in [1.29, 1.82) is 0 Å². The summed E-state index contributed by atoms with van der Waals surface area (Å²) < 4.78 is 17.1. The predicted molar refractivity (Wildman–Crippen MR) is 106 cm³/mol. The van der Waals surface area contributed by atoms with Crippen molar-refractivity contribution < 1.29 is 19.0 Å². The fraction of sp³-hybridized carbons (Fsp3) is 0.476. The molecule has 0 saturated heterocycles. The monoisotopic (exact) mass is 361 g/mol. The van der Waals surface area contributed by atoms with Crippen LogP contribution in [0.1, 0.15) is 31.4 Å². The molecule has 0 amide bonds. The molecule has 0 fully saturated rings. The predicted octanol–water partition coefficient (Wildman–Crippen LogP) is 4.62. The van der Waals surface area contributed by atoms with Crippen molar-refractivity contribution in [3.63, 3.8) is 0 Å². The second-order valence-electron chi connectivity index (χ2n) is 5.88. The standard InChI is InChI=1S/C21H31NO4/c1-6-7-12-25-20-15-17(2)21(18(3)16-20)26-13-9-8-11-24-14-10-19(4)22-23-5/h6-9,15-16H,10-14H2,1-5H3/b7-6+,9-8+,22-19+. The first-order chi connectivity index (χ1) is 12.6. The summed E-state index contributed by atoms with van der Waals surface area (Å²) in [6, 6.07) is 4.01. The van der Waals surface area contributed by atoms with Crippen LogP contribution in [0.15, 0.2) is 41.6 Å². The van der Waals surface area contributed by atoms with Crippen LogP contribution in [0.3, 0.4) is 0 Å². The highest BCUT2D eigenvalue weighted by molar-refractivity contribution is 5.81. The van der Waals surface area contributed by atoms with Crippen molar-refractivity contribution in [2.24, 2.45) is 5.16 Å². The number of hydrogen-bond donors (Lipinski definition) is 0. The van der Waals surface area contributed by atoms with Crippen LogP contribution in [-0.2, 0) is 9.57 Å². The molecule has 0 aromatic heterocycles. The lowest BCUT2D eigenvalue weighted by Gasteiger charge is -2.13. The SMILES string of the molecule is C/C=C/COc1cc(C)c(OC/C=C/COCC/C(C)=N/OC)c(C)c1. The molecule has 1 aromatic carbocycles. The van der Waals surface area contributed by atoms with Gasteiger partial charge in [-0.05, 0) is 57.0 Å². The van der Waals surface area contributed by atoms with Crippen molar-refractivity contribution in [2.45, 2.75) is 34.1 Å². The van der Waals surface area contributed by atoms with Crippen molar-refractivity contribution in [2.75, 3.05) is 33.5 Å². The van der Waals surface area contributed by atoms with E-state index in [9.17, 15) is 0 Å². The molecule has 0 bridgehead atoms. The Morgan fingerprint density at radius 3 is 2.31 bits per heavy atom. The lowest BCUT2D eigenvalue weighted by atomic mass is 10.1. The average Bonchev–Trinajstić information content (AvgIpc) is 2.59. The van der Waals surface area contributed by atoms with Crippen LogP contribution < -0.4 is 9.47 Å². The van der Waals surface area contributed by atoms with E-state index in [0.29, 0.717) is 26.4 Å². The fourth-order valence-electron chi connectivity index (χ4n) is 2.30. The maximum atomic E-state index is 5.88. The van der Waals surface area contributed by atoms with E-state index in [1.165, 1.54) is 0 Å². The molecule has 0 unspecified atom stereocenters. The molecule has 0 saturated carbocycles. The lowest BCUT2D eigenvalue weighted by Crippen LogP contribution is -2.02. The second-order valence-corrected chi connectivity index (χ2v) is 5.88. The van der Waals surface area contributed by atoms with Gasteiger partial charge in [-0.1, -0.05) is 23.4 Å². The molecule has 0 atom stereocenters. The number of hydrogen-bond acceptors (Lipinski definition) is 5. The molecule has 0 heterocycles. The quantitative estimate of drug-likeness (QED) is 0.236. The summed E-state index contributed by atoms with van der Waals surface area (Å²) in [7, 11) is 1.54. The minimum absolute atomic E-state index is 0.508.